The Hall–Kier alpha value is -4.07. The second-order valence-electron chi connectivity index (χ2n) is 7.56. The van der Waals surface area contributed by atoms with Gasteiger partial charge in [-0.2, -0.15) is 0 Å². The number of hydrogen-bond donors (Lipinski definition) is 3. The SMILES string of the molecule is O=C(Nc1ccc2c(c1)N(Cc1cc(F)cc(F)c1)CCO2)Nc1c[nH]c2ccccc12. The van der Waals surface area contributed by atoms with Crippen LogP contribution in [0.3, 0.4) is 0 Å². The molecule has 5 rings (SSSR count). The number of fused-ring (bicyclic) bond motifs is 2. The summed E-state index contributed by atoms with van der Waals surface area (Å²) in [6, 6.07) is 16.1. The Labute approximate surface area is 182 Å². The van der Waals surface area contributed by atoms with E-state index in [1.165, 1.54) is 12.1 Å². The summed E-state index contributed by atoms with van der Waals surface area (Å²) < 4.78 is 32.9. The fourth-order valence-electron chi connectivity index (χ4n) is 3.90. The number of ether oxygens (including phenoxy) is 1. The molecule has 32 heavy (non-hydrogen) atoms. The molecule has 3 aromatic carbocycles. The van der Waals surface area contributed by atoms with E-state index in [2.05, 4.69) is 15.6 Å². The van der Waals surface area contributed by atoms with Gasteiger partial charge in [-0.25, -0.2) is 13.6 Å². The summed E-state index contributed by atoms with van der Waals surface area (Å²) in [5.74, 6) is -0.577. The lowest BCUT2D eigenvalue weighted by Crippen LogP contribution is -2.32. The number of rotatable bonds is 4. The van der Waals surface area contributed by atoms with E-state index in [0.29, 0.717) is 42.4 Å². The third-order valence-corrected chi connectivity index (χ3v) is 5.31. The normalized spacial score (nSPS) is 12.9. The summed E-state index contributed by atoms with van der Waals surface area (Å²) in [4.78, 5) is 17.7. The zero-order valence-electron chi connectivity index (χ0n) is 17.0. The molecule has 6 nitrogen and oxygen atoms in total. The molecule has 0 unspecified atom stereocenters. The average Bonchev–Trinajstić information content (AvgIpc) is 3.16. The Kier molecular flexibility index (Phi) is 5.10. The van der Waals surface area contributed by atoms with Crippen LogP contribution >= 0.6 is 0 Å². The van der Waals surface area contributed by atoms with Crippen molar-refractivity contribution in [2.45, 2.75) is 6.54 Å². The number of anilines is 3. The molecule has 0 aliphatic carbocycles. The third-order valence-electron chi connectivity index (χ3n) is 5.31. The van der Waals surface area contributed by atoms with Crippen molar-refractivity contribution in [2.24, 2.45) is 0 Å². The molecule has 0 radical (unpaired) electrons. The van der Waals surface area contributed by atoms with Crippen LogP contribution in [0.15, 0.2) is 66.9 Å². The largest absolute Gasteiger partial charge is 0.490 e. The summed E-state index contributed by atoms with van der Waals surface area (Å²) in [5.41, 5.74) is 3.44. The number of nitrogens with zero attached hydrogens (tertiary/aromatic N) is 1. The number of aromatic nitrogens is 1. The fourth-order valence-corrected chi connectivity index (χ4v) is 3.90. The standard InChI is InChI=1S/C24H20F2N4O2/c25-16-9-15(10-17(26)11-16)14-30-7-8-32-23-6-5-18(12-22(23)30)28-24(31)29-21-13-27-20-4-2-1-3-19(20)21/h1-6,9-13,27H,7-8,14H2,(H2,28,29,31). The van der Waals surface area contributed by atoms with Crippen molar-refractivity contribution in [1.82, 2.24) is 4.98 Å². The van der Waals surface area contributed by atoms with Gasteiger partial charge in [0, 0.05) is 35.4 Å². The summed E-state index contributed by atoms with van der Waals surface area (Å²) in [6.07, 6.45) is 1.74. The van der Waals surface area contributed by atoms with Crippen molar-refractivity contribution in [3.05, 3.63) is 84.1 Å². The molecule has 2 amide bonds. The maximum atomic E-state index is 13.6. The smallest absolute Gasteiger partial charge is 0.323 e. The van der Waals surface area contributed by atoms with E-state index in [9.17, 15) is 13.6 Å². The van der Waals surface area contributed by atoms with Crippen molar-refractivity contribution in [2.75, 3.05) is 28.7 Å². The first-order chi connectivity index (χ1) is 15.5. The van der Waals surface area contributed by atoms with Gasteiger partial charge < -0.3 is 25.3 Å². The number of hydrogen-bond acceptors (Lipinski definition) is 3. The molecule has 0 saturated heterocycles. The average molecular weight is 434 g/mol. The molecule has 1 aliphatic rings. The predicted molar refractivity (Wildman–Crippen MR) is 120 cm³/mol. The Morgan fingerprint density at radius 2 is 1.84 bits per heavy atom. The van der Waals surface area contributed by atoms with Gasteiger partial charge in [0.25, 0.3) is 0 Å². The Balaban J connectivity index is 1.34. The molecule has 3 N–H and O–H groups in total. The highest BCUT2D eigenvalue weighted by atomic mass is 19.1. The van der Waals surface area contributed by atoms with Crippen LogP contribution in [-0.4, -0.2) is 24.2 Å². The number of carbonyl (C=O) groups is 1. The van der Waals surface area contributed by atoms with Gasteiger partial charge >= 0.3 is 6.03 Å². The van der Waals surface area contributed by atoms with Gasteiger partial charge in [0.05, 0.1) is 17.9 Å². The minimum atomic E-state index is -0.613. The van der Waals surface area contributed by atoms with Gasteiger partial charge in [0.2, 0.25) is 0 Å². The van der Waals surface area contributed by atoms with Gasteiger partial charge in [-0.3, -0.25) is 0 Å². The molecule has 0 bridgehead atoms. The van der Waals surface area contributed by atoms with Gasteiger partial charge in [0.15, 0.2) is 0 Å². The first-order valence-electron chi connectivity index (χ1n) is 10.2. The van der Waals surface area contributed by atoms with Gasteiger partial charge in [-0.05, 0) is 42.0 Å². The third kappa shape index (κ3) is 4.07. The summed E-state index contributed by atoms with van der Waals surface area (Å²) >= 11 is 0. The lowest BCUT2D eigenvalue weighted by atomic mass is 10.1. The van der Waals surface area contributed by atoms with Crippen LogP contribution < -0.4 is 20.3 Å². The molecule has 8 heteroatoms. The van der Waals surface area contributed by atoms with Crippen molar-refractivity contribution < 1.29 is 18.3 Å². The van der Waals surface area contributed by atoms with Crippen molar-refractivity contribution >= 4 is 34.0 Å². The Bertz CT molecular complexity index is 1280. The molecular formula is C24H20F2N4O2. The highest BCUT2D eigenvalue weighted by molar-refractivity contribution is 6.06. The van der Waals surface area contributed by atoms with Gasteiger partial charge in [-0.1, -0.05) is 18.2 Å². The lowest BCUT2D eigenvalue weighted by Gasteiger charge is -2.31. The minimum Gasteiger partial charge on any atom is -0.490 e. The first-order valence-corrected chi connectivity index (χ1v) is 10.2. The molecule has 0 saturated carbocycles. The van der Waals surface area contributed by atoms with E-state index in [1.54, 1.807) is 24.4 Å². The van der Waals surface area contributed by atoms with E-state index < -0.39 is 11.6 Å². The summed E-state index contributed by atoms with van der Waals surface area (Å²) in [5, 5.41) is 6.59. The fraction of sp³-hybridized carbons (Fsp3) is 0.125. The first kappa shape index (κ1) is 19.9. The second-order valence-corrected chi connectivity index (χ2v) is 7.56. The van der Waals surface area contributed by atoms with Crippen LogP contribution in [0, 0.1) is 11.6 Å². The molecule has 4 aromatic rings. The van der Waals surface area contributed by atoms with Crippen LogP contribution in [0.4, 0.5) is 30.6 Å². The number of amides is 2. The van der Waals surface area contributed by atoms with Crippen molar-refractivity contribution in [1.29, 1.82) is 0 Å². The zero-order chi connectivity index (χ0) is 22.1. The quantitative estimate of drug-likeness (QED) is 0.398. The number of urea groups is 1. The number of aromatic amines is 1. The number of H-pyrrole nitrogens is 1. The maximum absolute atomic E-state index is 13.6. The van der Waals surface area contributed by atoms with E-state index >= 15 is 0 Å². The molecular weight excluding hydrogens is 414 g/mol. The molecule has 1 aliphatic heterocycles. The van der Waals surface area contributed by atoms with E-state index in [-0.39, 0.29) is 6.03 Å². The zero-order valence-corrected chi connectivity index (χ0v) is 17.0. The Morgan fingerprint density at radius 1 is 1.03 bits per heavy atom. The van der Waals surface area contributed by atoms with E-state index in [1.807, 2.05) is 29.2 Å². The molecule has 1 aromatic heterocycles. The summed E-state index contributed by atoms with van der Waals surface area (Å²) in [7, 11) is 0. The van der Waals surface area contributed by atoms with E-state index in [4.69, 9.17) is 4.74 Å². The second kappa shape index (κ2) is 8.22. The Morgan fingerprint density at radius 3 is 2.69 bits per heavy atom. The molecule has 2 heterocycles. The van der Waals surface area contributed by atoms with Gasteiger partial charge in [0.1, 0.15) is 24.0 Å². The number of nitrogens with one attached hydrogen (secondary N) is 3. The molecule has 0 atom stereocenters. The highest BCUT2D eigenvalue weighted by Gasteiger charge is 2.20. The monoisotopic (exact) mass is 434 g/mol. The van der Waals surface area contributed by atoms with Crippen LogP contribution in [-0.2, 0) is 6.54 Å². The van der Waals surface area contributed by atoms with Crippen LogP contribution in [0.25, 0.3) is 10.9 Å². The summed E-state index contributed by atoms with van der Waals surface area (Å²) in [6.45, 7) is 1.32. The number of para-hydroxylation sites is 1. The van der Waals surface area contributed by atoms with E-state index in [0.717, 1.165) is 22.7 Å². The number of halogens is 2. The predicted octanol–water partition coefficient (Wildman–Crippen LogP) is 5.49. The maximum Gasteiger partial charge on any atom is 0.323 e. The topological polar surface area (TPSA) is 69.4 Å². The van der Waals surface area contributed by atoms with Crippen molar-refractivity contribution in [3.63, 3.8) is 0 Å². The van der Waals surface area contributed by atoms with Crippen LogP contribution in [0.5, 0.6) is 5.75 Å². The minimum absolute atomic E-state index is 0.316. The number of carbonyl (C=O) groups excluding carboxylic acids is 1. The molecule has 162 valence electrons. The lowest BCUT2D eigenvalue weighted by molar-refractivity contribution is 0.262. The van der Waals surface area contributed by atoms with Crippen LogP contribution in [0.1, 0.15) is 5.56 Å². The molecule has 0 spiro atoms. The van der Waals surface area contributed by atoms with Gasteiger partial charge in [-0.15, -0.1) is 0 Å². The highest BCUT2D eigenvalue weighted by Crippen LogP contribution is 2.35. The molecule has 0 fully saturated rings. The number of benzene rings is 3. The van der Waals surface area contributed by atoms with Crippen LogP contribution in [0.2, 0.25) is 0 Å². The van der Waals surface area contributed by atoms with Crippen molar-refractivity contribution in [3.8, 4) is 5.75 Å².